The number of aryl methyl sites for hydroxylation is 1. The summed E-state index contributed by atoms with van der Waals surface area (Å²) >= 11 is 3.99. The van der Waals surface area contributed by atoms with Crippen molar-refractivity contribution in [3.63, 3.8) is 0 Å². The molecule has 1 N–H and O–H groups in total. The van der Waals surface area contributed by atoms with Gasteiger partial charge in [0.05, 0.1) is 17.1 Å². The summed E-state index contributed by atoms with van der Waals surface area (Å²) in [6.45, 7) is 1.72. The van der Waals surface area contributed by atoms with E-state index in [4.69, 9.17) is 0 Å². The van der Waals surface area contributed by atoms with Crippen molar-refractivity contribution >= 4 is 24.2 Å². The van der Waals surface area contributed by atoms with Crippen molar-refractivity contribution in [1.29, 1.82) is 0 Å². The molecule has 0 fully saturated rings. The number of nitrogens with one attached hydrogen (secondary N) is 1. The van der Waals surface area contributed by atoms with Crippen LogP contribution in [0, 0.1) is 0 Å². The van der Waals surface area contributed by atoms with E-state index < -0.39 is 0 Å². The minimum absolute atomic E-state index is 0.119. The molecule has 0 saturated heterocycles. The molecule has 0 radical (unpaired) electrons. The smallest absolute Gasteiger partial charge is 0.237 e. The zero-order valence-electron chi connectivity index (χ0n) is 6.98. The van der Waals surface area contributed by atoms with Gasteiger partial charge >= 0.3 is 0 Å². The zero-order chi connectivity index (χ0) is 9.14. The van der Waals surface area contributed by atoms with Crippen LogP contribution in [0.5, 0.6) is 0 Å². The average molecular weight is 185 g/mol. The molecule has 0 aliphatic rings. The van der Waals surface area contributed by atoms with Gasteiger partial charge in [-0.2, -0.15) is 17.7 Å². The van der Waals surface area contributed by atoms with Crippen molar-refractivity contribution in [2.45, 2.75) is 12.2 Å². The van der Waals surface area contributed by atoms with Crippen LogP contribution in [-0.2, 0) is 11.8 Å². The second kappa shape index (κ2) is 3.62. The minimum Gasteiger partial charge on any atom is -0.322 e. The minimum atomic E-state index is -0.301. The number of rotatable bonds is 2. The van der Waals surface area contributed by atoms with Gasteiger partial charge in [-0.1, -0.05) is 0 Å². The first-order valence-electron chi connectivity index (χ1n) is 3.57. The maximum absolute atomic E-state index is 11.1. The van der Waals surface area contributed by atoms with Crippen LogP contribution < -0.4 is 5.32 Å². The number of aromatic nitrogens is 2. The molecule has 0 aromatic carbocycles. The Morgan fingerprint density at radius 2 is 2.50 bits per heavy atom. The van der Waals surface area contributed by atoms with Crippen molar-refractivity contribution in [3.8, 4) is 0 Å². The molecule has 1 aromatic heterocycles. The van der Waals surface area contributed by atoms with Crippen LogP contribution in [0.4, 0.5) is 5.69 Å². The standard InChI is InChI=1S/C7H11N3OS/c1-5(12)7(11)9-6-3-8-10(2)4-6/h3-5,12H,1-2H3,(H,9,11). The first-order chi connectivity index (χ1) is 5.59. The normalized spacial score (nSPS) is 12.6. The van der Waals surface area contributed by atoms with Gasteiger partial charge in [0, 0.05) is 13.2 Å². The highest BCUT2D eigenvalue weighted by Crippen LogP contribution is 2.05. The second-order valence-electron chi connectivity index (χ2n) is 2.57. The highest BCUT2D eigenvalue weighted by Gasteiger charge is 2.07. The van der Waals surface area contributed by atoms with E-state index in [1.54, 1.807) is 31.0 Å². The van der Waals surface area contributed by atoms with Crippen molar-refractivity contribution < 1.29 is 4.79 Å². The Kier molecular flexibility index (Phi) is 2.75. The number of nitrogens with zero attached hydrogens (tertiary/aromatic N) is 2. The molecule has 1 amide bonds. The summed E-state index contributed by atoms with van der Waals surface area (Å²) in [5.41, 5.74) is 0.698. The number of thiol groups is 1. The van der Waals surface area contributed by atoms with Gasteiger partial charge in [-0.15, -0.1) is 0 Å². The number of hydrogen-bond donors (Lipinski definition) is 2. The fraction of sp³-hybridized carbons (Fsp3) is 0.429. The second-order valence-corrected chi connectivity index (χ2v) is 3.34. The maximum atomic E-state index is 11.1. The van der Waals surface area contributed by atoms with E-state index in [2.05, 4.69) is 23.0 Å². The first kappa shape index (κ1) is 9.12. The monoisotopic (exact) mass is 185 g/mol. The van der Waals surface area contributed by atoms with Gasteiger partial charge in [-0.25, -0.2) is 0 Å². The molecule has 1 aromatic rings. The summed E-state index contributed by atoms with van der Waals surface area (Å²) in [5, 5.41) is 6.27. The van der Waals surface area contributed by atoms with E-state index in [1.165, 1.54) is 0 Å². The van der Waals surface area contributed by atoms with Crippen molar-refractivity contribution in [3.05, 3.63) is 12.4 Å². The molecule has 1 rings (SSSR count). The van der Waals surface area contributed by atoms with Gasteiger partial charge in [0.15, 0.2) is 0 Å². The molecule has 5 heteroatoms. The summed E-state index contributed by atoms with van der Waals surface area (Å²) in [6, 6.07) is 0. The first-order valence-corrected chi connectivity index (χ1v) is 4.09. The number of carbonyl (C=O) groups excluding carboxylic acids is 1. The molecule has 66 valence electrons. The van der Waals surface area contributed by atoms with Crippen LogP contribution in [0.3, 0.4) is 0 Å². The van der Waals surface area contributed by atoms with E-state index >= 15 is 0 Å². The summed E-state index contributed by atoms with van der Waals surface area (Å²) < 4.78 is 1.62. The zero-order valence-corrected chi connectivity index (χ0v) is 7.88. The van der Waals surface area contributed by atoms with E-state index in [1.807, 2.05) is 0 Å². The molecular weight excluding hydrogens is 174 g/mol. The quantitative estimate of drug-likeness (QED) is 0.665. The molecule has 0 spiro atoms. The Labute approximate surface area is 76.4 Å². The lowest BCUT2D eigenvalue weighted by Gasteiger charge is -2.02. The highest BCUT2D eigenvalue weighted by molar-refractivity contribution is 7.81. The lowest BCUT2D eigenvalue weighted by atomic mass is 10.4. The largest absolute Gasteiger partial charge is 0.322 e. The van der Waals surface area contributed by atoms with Crippen LogP contribution in [0.1, 0.15) is 6.92 Å². The summed E-state index contributed by atoms with van der Waals surface area (Å²) in [4.78, 5) is 11.1. The Morgan fingerprint density at radius 3 is 2.92 bits per heavy atom. The van der Waals surface area contributed by atoms with Crippen molar-refractivity contribution in [1.82, 2.24) is 9.78 Å². The van der Waals surface area contributed by atoms with E-state index in [0.29, 0.717) is 5.69 Å². The van der Waals surface area contributed by atoms with Gasteiger partial charge in [-0.05, 0) is 6.92 Å². The fourth-order valence-corrected chi connectivity index (χ4v) is 0.797. The predicted octanol–water partition coefficient (Wildman–Crippen LogP) is 0.677. The lowest BCUT2D eigenvalue weighted by molar-refractivity contribution is -0.115. The molecular formula is C7H11N3OS. The van der Waals surface area contributed by atoms with Crippen LogP contribution in [-0.4, -0.2) is 20.9 Å². The third-order valence-electron chi connectivity index (χ3n) is 1.35. The summed E-state index contributed by atoms with van der Waals surface area (Å²) in [7, 11) is 1.79. The van der Waals surface area contributed by atoms with E-state index in [-0.39, 0.29) is 11.2 Å². The topological polar surface area (TPSA) is 46.9 Å². The Balaban J connectivity index is 2.58. The van der Waals surface area contributed by atoms with Crippen LogP contribution in [0.15, 0.2) is 12.4 Å². The number of hydrogen-bond acceptors (Lipinski definition) is 3. The molecule has 0 aliphatic heterocycles. The molecule has 0 saturated carbocycles. The average Bonchev–Trinajstić information content (AvgIpc) is 2.35. The lowest BCUT2D eigenvalue weighted by Crippen LogP contribution is -2.19. The van der Waals surface area contributed by atoms with Crippen molar-refractivity contribution in [2.75, 3.05) is 5.32 Å². The number of carbonyl (C=O) groups is 1. The molecule has 0 bridgehead atoms. The SMILES string of the molecule is CC(S)C(=O)Nc1cnn(C)c1. The maximum Gasteiger partial charge on any atom is 0.237 e. The molecule has 0 aliphatic carbocycles. The molecule has 4 nitrogen and oxygen atoms in total. The van der Waals surface area contributed by atoms with E-state index in [0.717, 1.165) is 0 Å². The van der Waals surface area contributed by atoms with E-state index in [9.17, 15) is 4.79 Å². The van der Waals surface area contributed by atoms with Crippen LogP contribution in [0.2, 0.25) is 0 Å². The van der Waals surface area contributed by atoms with Gasteiger partial charge in [-0.3, -0.25) is 9.48 Å². The third-order valence-corrected chi connectivity index (χ3v) is 1.59. The van der Waals surface area contributed by atoms with Crippen LogP contribution >= 0.6 is 12.6 Å². The van der Waals surface area contributed by atoms with Gasteiger partial charge < -0.3 is 5.32 Å². The summed E-state index contributed by atoms with van der Waals surface area (Å²) in [6.07, 6.45) is 3.32. The van der Waals surface area contributed by atoms with Crippen molar-refractivity contribution in [2.24, 2.45) is 7.05 Å². The Bertz CT molecular complexity index is 282. The molecule has 12 heavy (non-hydrogen) atoms. The predicted molar refractivity (Wildman–Crippen MR) is 50.3 cm³/mol. The Hall–Kier alpha value is -0.970. The highest BCUT2D eigenvalue weighted by atomic mass is 32.1. The molecule has 1 unspecified atom stereocenters. The number of anilines is 1. The fourth-order valence-electron chi connectivity index (χ4n) is 0.732. The third kappa shape index (κ3) is 2.27. The van der Waals surface area contributed by atoms with Gasteiger partial charge in [0.1, 0.15) is 0 Å². The van der Waals surface area contributed by atoms with Gasteiger partial charge in [0.25, 0.3) is 0 Å². The molecule has 1 heterocycles. The number of amides is 1. The summed E-state index contributed by atoms with van der Waals surface area (Å²) in [5.74, 6) is -0.119. The molecule has 1 atom stereocenters. The van der Waals surface area contributed by atoms with Crippen LogP contribution in [0.25, 0.3) is 0 Å². The van der Waals surface area contributed by atoms with Gasteiger partial charge in [0.2, 0.25) is 5.91 Å². The Morgan fingerprint density at radius 1 is 1.83 bits per heavy atom.